The molecule has 0 radical (unpaired) electrons. The van der Waals surface area contributed by atoms with E-state index in [4.69, 9.17) is 0 Å². The fourth-order valence-corrected chi connectivity index (χ4v) is 3.07. The lowest BCUT2D eigenvalue weighted by molar-refractivity contribution is -0.135. The molecule has 3 nitrogen and oxygen atoms in total. The summed E-state index contributed by atoms with van der Waals surface area (Å²) < 4.78 is 0. The van der Waals surface area contributed by atoms with E-state index in [0.717, 1.165) is 13.0 Å². The highest BCUT2D eigenvalue weighted by Crippen LogP contribution is 2.35. The Balaban J connectivity index is 2.07. The predicted molar refractivity (Wildman–Crippen MR) is 60.7 cm³/mol. The van der Waals surface area contributed by atoms with Gasteiger partial charge in [-0.3, -0.25) is 4.79 Å². The number of nitrogens with one attached hydrogen (secondary N) is 1. The minimum Gasteiger partial charge on any atom is -0.336 e. The summed E-state index contributed by atoms with van der Waals surface area (Å²) in [7, 11) is 1.88. The molecule has 2 rings (SSSR count). The van der Waals surface area contributed by atoms with Crippen LogP contribution in [-0.4, -0.2) is 36.0 Å². The summed E-state index contributed by atoms with van der Waals surface area (Å²) in [6, 6.07) is 0.0729. The Bertz CT molecular complexity index is 246. The fourth-order valence-electron chi connectivity index (χ4n) is 3.07. The summed E-state index contributed by atoms with van der Waals surface area (Å²) in [6.07, 6.45) is 7.26. The van der Waals surface area contributed by atoms with Crippen molar-refractivity contribution in [2.24, 2.45) is 0 Å². The summed E-state index contributed by atoms with van der Waals surface area (Å²) in [4.78, 5) is 14.2. The number of likely N-dealkylation sites (tertiary alicyclic amines) is 1. The van der Waals surface area contributed by atoms with E-state index in [1.54, 1.807) is 0 Å². The number of likely N-dealkylation sites (N-methyl/N-ethyl adjacent to an activating group) is 1. The molecule has 2 aliphatic rings. The van der Waals surface area contributed by atoms with Gasteiger partial charge < -0.3 is 10.2 Å². The zero-order chi connectivity index (χ0) is 10.9. The van der Waals surface area contributed by atoms with Crippen LogP contribution in [0.25, 0.3) is 0 Å². The number of rotatable bonds is 2. The number of nitrogens with zero attached hydrogens (tertiary/aromatic N) is 1. The van der Waals surface area contributed by atoms with Crippen LogP contribution >= 0.6 is 0 Å². The molecule has 0 aromatic heterocycles. The number of hydrogen-bond donors (Lipinski definition) is 1. The van der Waals surface area contributed by atoms with E-state index in [0.29, 0.717) is 5.91 Å². The molecule has 3 heteroatoms. The van der Waals surface area contributed by atoms with E-state index in [-0.39, 0.29) is 11.6 Å². The van der Waals surface area contributed by atoms with Crippen molar-refractivity contribution in [2.45, 2.75) is 57.0 Å². The van der Waals surface area contributed by atoms with Crippen molar-refractivity contribution < 1.29 is 4.79 Å². The van der Waals surface area contributed by atoms with Gasteiger partial charge in [0.15, 0.2) is 0 Å². The summed E-state index contributed by atoms with van der Waals surface area (Å²) in [5.74, 6) is 0.321. The molecular formula is C12H22N2O. The summed E-state index contributed by atoms with van der Waals surface area (Å²) in [6.45, 7) is 3.21. The molecule has 0 aromatic rings. The normalized spacial score (nSPS) is 30.9. The maximum absolute atomic E-state index is 12.1. The van der Waals surface area contributed by atoms with Gasteiger partial charge in [0.2, 0.25) is 5.91 Å². The molecule has 2 fully saturated rings. The quantitative estimate of drug-likeness (QED) is 0.749. The molecule has 1 saturated carbocycles. The first-order valence-electron chi connectivity index (χ1n) is 6.16. The molecule has 86 valence electrons. The summed E-state index contributed by atoms with van der Waals surface area (Å²) in [5.41, 5.74) is 0.154. The molecule has 1 N–H and O–H groups in total. The van der Waals surface area contributed by atoms with E-state index < -0.39 is 0 Å². The van der Waals surface area contributed by atoms with E-state index in [2.05, 4.69) is 17.1 Å². The number of hydrogen-bond acceptors (Lipinski definition) is 2. The maximum Gasteiger partial charge on any atom is 0.240 e. The highest BCUT2D eigenvalue weighted by Gasteiger charge is 2.42. The molecule has 0 bridgehead atoms. The van der Waals surface area contributed by atoms with Crippen LogP contribution in [-0.2, 0) is 4.79 Å². The molecule has 1 atom stereocenters. The molecule has 15 heavy (non-hydrogen) atoms. The van der Waals surface area contributed by atoms with E-state index in [1.165, 1.54) is 32.1 Å². The highest BCUT2D eigenvalue weighted by atomic mass is 16.2. The van der Waals surface area contributed by atoms with E-state index in [9.17, 15) is 4.79 Å². The molecule has 0 spiro atoms. The number of carbonyl (C=O) groups is 1. The average molecular weight is 210 g/mol. The monoisotopic (exact) mass is 210 g/mol. The van der Waals surface area contributed by atoms with Gasteiger partial charge in [0.1, 0.15) is 0 Å². The Morgan fingerprint density at radius 2 is 2.00 bits per heavy atom. The maximum atomic E-state index is 12.1. The smallest absolute Gasteiger partial charge is 0.240 e. The first-order chi connectivity index (χ1) is 7.17. The molecule has 1 aliphatic heterocycles. The van der Waals surface area contributed by atoms with Crippen molar-refractivity contribution in [3.05, 3.63) is 0 Å². The number of amides is 1. The van der Waals surface area contributed by atoms with Crippen molar-refractivity contribution in [3.8, 4) is 0 Å². The second kappa shape index (κ2) is 4.12. The predicted octanol–water partition coefficient (Wildman–Crippen LogP) is 1.53. The topological polar surface area (TPSA) is 32.3 Å². The van der Waals surface area contributed by atoms with Gasteiger partial charge in [0.05, 0.1) is 6.04 Å². The minimum atomic E-state index is 0.0729. The van der Waals surface area contributed by atoms with Crippen LogP contribution in [0.3, 0.4) is 0 Å². The first-order valence-corrected chi connectivity index (χ1v) is 6.16. The van der Waals surface area contributed by atoms with Gasteiger partial charge in [0, 0.05) is 12.1 Å². The zero-order valence-corrected chi connectivity index (χ0v) is 9.88. The van der Waals surface area contributed by atoms with E-state index in [1.807, 2.05) is 7.05 Å². The second-order valence-electron chi connectivity index (χ2n) is 5.18. The van der Waals surface area contributed by atoms with Crippen molar-refractivity contribution in [3.63, 3.8) is 0 Å². The van der Waals surface area contributed by atoms with Crippen molar-refractivity contribution in [1.82, 2.24) is 10.2 Å². The van der Waals surface area contributed by atoms with Gasteiger partial charge in [-0.2, -0.15) is 0 Å². The van der Waals surface area contributed by atoms with Crippen LogP contribution in [0, 0.1) is 0 Å². The van der Waals surface area contributed by atoms with Gasteiger partial charge in [-0.1, -0.05) is 19.3 Å². The van der Waals surface area contributed by atoms with Gasteiger partial charge in [0.25, 0.3) is 0 Å². The Hall–Kier alpha value is -0.570. The van der Waals surface area contributed by atoms with Gasteiger partial charge >= 0.3 is 0 Å². The molecule has 1 amide bonds. The molecule has 1 aliphatic carbocycles. The highest BCUT2D eigenvalue weighted by molar-refractivity contribution is 5.84. The molecule has 1 unspecified atom stereocenters. The lowest BCUT2D eigenvalue weighted by Crippen LogP contribution is -2.50. The fraction of sp³-hybridized carbons (Fsp3) is 0.917. The average Bonchev–Trinajstić information content (AvgIpc) is 2.61. The van der Waals surface area contributed by atoms with Gasteiger partial charge in [-0.15, -0.1) is 0 Å². The van der Waals surface area contributed by atoms with Crippen LogP contribution < -0.4 is 5.32 Å². The van der Waals surface area contributed by atoms with Crippen LogP contribution in [0.2, 0.25) is 0 Å². The Labute approximate surface area is 92.2 Å². The summed E-state index contributed by atoms with van der Waals surface area (Å²) >= 11 is 0. The van der Waals surface area contributed by atoms with Crippen LogP contribution in [0.15, 0.2) is 0 Å². The Morgan fingerprint density at radius 1 is 1.33 bits per heavy atom. The molecule has 1 heterocycles. The zero-order valence-electron chi connectivity index (χ0n) is 9.88. The second-order valence-corrected chi connectivity index (χ2v) is 5.18. The van der Waals surface area contributed by atoms with Gasteiger partial charge in [-0.05, 0) is 33.2 Å². The van der Waals surface area contributed by atoms with Crippen LogP contribution in [0.5, 0.6) is 0 Å². The summed E-state index contributed by atoms with van der Waals surface area (Å²) in [5, 5.41) is 3.11. The SMILES string of the molecule is CNC1CCN(C2(C)CCCCC2)C1=O. The third-order valence-corrected chi connectivity index (χ3v) is 4.14. The molecule has 1 saturated heterocycles. The largest absolute Gasteiger partial charge is 0.336 e. The number of carbonyl (C=O) groups excluding carboxylic acids is 1. The third kappa shape index (κ3) is 1.89. The van der Waals surface area contributed by atoms with E-state index >= 15 is 0 Å². The van der Waals surface area contributed by atoms with Gasteiger partial charge in [-0.25, -0.2) is 0 Å². The molecule has 0 aromatic carbocycles. The first kappa shape index (κ1) is 10.9. The lowest BCUT2D eigenvalue weighted by Gasteiger charge is -2.42. The molecular weight excluding hydrogens is 188 g/mol. The Kier molecular flexibility index (Phi) is 3.01. The Morgan fingerprint density at radius 3 is 2.53 bits per heavy atom. The lowest BCUT2D eigenvalue weighted by atomic mass is 9.82. The standard InChI is InChI=1S/C12H22N2O/c1-12(7-4-3-5-8-12)14-9-6-10(13-2)11(14)15/h10,13H,3-9H2,1-2H3. The van der Waals surface area contributed by atoms with Crippen molar-refractivity contribution in [2.75, 3.05) is 13.6 Å². The third-order valence-electron chi connectivity index (χ3n) is 4.14. The minimum absolute atomic E-state index is 0.0729. The van der Waals surface area contributed by atoms with Crippen LogP contribution in [0.4, 0.5) is 0 Å². The van der Waals surface area contributed by atoms with Crippen molar-refractivity contribution >= 4 is 5.91 Å². The van der Waals surface area contributed by atoms with Crippen molar-refractivity contribution in [1.29, 1.82) is 0 Å². The van der Waals surface area contributed by atoms with Crippen LogP contribution in [0.1, 0.15) is 45.4 Å².